The minimum Gasteiger partial charge on any atom is -0.344 e. The average Bonchev–Trinajstić information content (AvgIpc) is 2.68. The number of nitrogens with zero attached hydrogens (tertiary/aromatic N) is 1. The second kappa shape index (κ2) is 5.42. The second-order valence-electron chi connectivity index (χ2n) is 3.79. The van der Waals surface area contributed by atoms with E-state index in [9.17, 15) is 4.39 Å². The number of aromatic amines is 1. The van der Waals surface area contributed by atoms with Crippen molar-refractivity contribution < 1.29 is 4.39 Å². The largest absolute Gasteiger partial charge is 0.344 e. The molecule has 0 aliphatic heterocycles. The van der Waals surface area contributed by atoms with E-state index in [2.05, 4.69) is 25.9 Å². The zero-order valence-electron chi connectivity index (χ0n) is 9.21. The van der Waals surface area contributed by atoms with Gasteiger partial charge >= 0.3 is 0 Å². The van der Waals surface area contributed by atoms with Crippen LogP contribution in [0.4, 0.5) is 4.39 Å². The van der Waals surface area contributed by atoms with Crippen molar-refractivity contribution >= 4 is 15.9 Å². The highest BCUT2D eigenvalue weighted by molar-refractivity contribution is 9.10. The van der Waals surface area contributed by atoms with E-state index in [1.54, 1.807) is 12.1 Å². The molecule has 3 nitrogen and oxygen atoms in total. The van der Waals surface area contributed by atoms with Crippen LogP contribution in [0.25, 0.3) is 0 Å². The minimum atomic E-state index is -0.200. The summed E-state index contributed by atoms with van der Waals surface area (Å²) in [7, 11) is 0. The molecule has 5 heteroatoms. The van der Waals surface area contributed by atoms with Gasteiger partial charge < -0.3 is 10.7 Å². The molecular weight excluding hydrogens is 285 g/mol. The molecule has 1 aromatic carbocycles. The van der Waals surface area contributed by atoms with Gasteiger partial charge in [-0.05, 0) is 46.5 Å². The maximum absolute atomic E-state index is 13.0. The number of hydrogen-bond acceptors (Lipinski definition) is 2. The van der Waals surface area contributed by atoms with Crippen molar-refractivity contribution in [3.05, 3.63) is 51.8 Å². The summed E-state index contributed by atoms with van der Waals surface area (Å²) >= 11 is 3.37. The lowest BCUT2D eigenvalue weighted by molar-refractivity contribution is 0.625. The summed E-state index contributed by atoms with van der Waals surface area (Å²) in [5.74, 6) is 0.556. The van der Waals surface area contributed by atoms with E-state index in [0.717, 1.165) is 34.5 Å². The van der Waals surface area contributed by atoms with Gasteiger partial charge in [-0.1, -0.05) is 12.1 Å². The lowest BCUT2D eigenvalue weighted by Gasteiger charge is -2.00. The molecule has 0 saturated carbocycles. The highest BCUT2D eigenvalue weighted by Crippen LogP contribution is 2.16. The maximum atomic E-state index is 13.0. The number of halogens is 2. The Hall–Kier alpha value is -1.20. The van der Waals surface area contributed by atoms with Crippen molar-refractivity contribution in [2.24, 2.45) is 5.73 Å². The van der Waals surface area contributed by atoms with E-state index in [1.165, 1.54) is 6.07 Å². The van der Waals surface area contributed by atoms with Crippen LogP contribution < -0.4 is 5.73 Å². The predicted octanol–water partition coefficient (Wildman–Crippen LogP) is 2.56. The van der Waals surface area contributed by atoms with Gasteiger partial charge in [-0.15, -0.1) is 0 Å². The monoisotopic (exact) mass is 297 g/mol. The number of H-pyrrole nitrogens is 1. The van der Waals surface area contributed by atoms with Gasteiger partial charge in [0.05, 0.1) is 6.54 Å². The molecular formula is C12H13BrFN3. The predicted molar refractivity (Wildman–Crippen MR) is 68.0 cm³/mol. The van der Waals surface area contributed by atoms with Crippen molar-refractivity contribution in [3.8, 4) is 0 Å². The third kappa shape index (κ3) is 3.14. The number of rotatable bonds is 4. The van der Waals surface area contributed by atoms with Gasteiger partial charge in [0.25, 0.3) is 0 Å². The Kier molecular flexibility index (Phi) is 3.91. The minimum absolute atomic E-state index is 0.200. The Morgan fingerprint density at radius 1 is 1.35 bits per heavy atom. The van der Waals surface area contributed by atoms with Gasteiger partial charge in [0, 0.05) is 5.69 Å². The van der Waals surface area contributed by atoms with E-state index in [-0.39, 0.29) is 5.82 Å². The van der Waals surface area contributed by atoms with Gasteiger partial charge in [-0.3, -0.25) is 0 Å². The molecule has 0 atom stereocenters. The van der Waals surface area contributed by atoms with Crippen LogP contribution in [0.15, 0.2) is 28.9 Å². The fourth-order valence-corrected chi connectivity index (χ4v) is 2.18. The smallest absolute Gasteiger partial charge is 0.127 e. The van der Waals surface area contributed by atoms with Crippen molar-refractivity contribution in [1.29, 1.82) is 0 Å². The molecule has 2 rings (SSSR count). The molecule has 1 aromatic heterocycles. The summed E-state index contributed by atoms with van der Waals surface area (Å²) in [6.45, 7) is 0.387. The molecule has 0 radical (unpaired) electrons. The molecule has 1 heterocycles. The Morgan fingerprint density at radius 2 is 2.18 bits per heavy atom. The summed E-state index contributed by atoms with van der Waals surface area (Å²) in [4.78, 5) is 7.36. The molecule has 2 aromatic rings. The zero-order chi connectivity index (χ0) is 12.3. The lowest BCUT2D eigenvalue weighted by Crippen LogP contribution is -1.98. The van der Waals surface area contributed by atoms with Gasteiger partial charge in [0.2, 0.25) is 0 Å². The molecule has 0 spiro atoms. The van der Waals surface area contributed by atoms with E-state index in [1.807, 2.05) is 6.07 Å². The van der Waals surface area contributed by atoms with Crippen LogP contribution in [0.3, 0.4) is 0 Å². The van der Waals surface area contributed by atoms with Crippen molar-refractivity contribution in [2.45, 2.75) is 19.4 Å². The van der Waals surface area contributed by atoms with Crippen LogP contribution >= 0.6 is 15.9 Å². The quantitative estimate of drug-likeness (QED) is 0.911. The standard InChI is InChI=1S/C12H13BrFN3/c13-12-10(16-11(7-15)17-12)5-4-8-2-1-3-9(14)6-8/h1-3,6H,4-5,7,15H2,(H,16,17). The summed E-state index contributed by atoms with van der Waals surface area (Å²) in [6.07, 6.45) is 1.54. The number of imidazole rings is 1. The van der Waals surface area contributed by atoms with E-state index in [4.69, 9.17) is 5.73 Å². The van der Waals surface area contributed by atoms with E-state index in [0.29, 0.717) is 6.54 Å². The fraction of sp³-hybridized carbons (Fsp3) is 0.250. The molecule has 0 aliphatic carbocycles. The maximum Gasteiger partial charge on any atom is 0.127 e. The normalized spacial score (nSPS) is 10.8. The van der Waals surface area contributed by atoms with Gasteiger partial charge in [0.15, 0.2) is 0 Å². The molecule has 0 saturated heterocycles. The molecule has 3 N–H and O–H groups in total. The fourth-order valence-electron chi connectivity index (χ4n) is 1.66. The number of benzene rings is 1. The van der Waals surface area contributed by atoms with E-state index < -0.39 is 0 Å². The van der Waals surface area contributed by atoms with E-state index >= 15 is 0 Å². The molecule has 0 aliphatic rings. The Labute approximate surface area is 107 Å². The lowest BCUT2D eigenvalue weighted by atomic mass is 10.1. The van der Waals surface area contributed by atoms with Crippen LogP contribution in [0, 0.1) is 5.82 Å². The highest BCUT2D eigenvalue weighted by Gasteiger charge is 2.07. The number of nitrogens with two attached hydrogens (primary N) is 1. The van der Waals surface area contributed by atoms with Crippen LogP contribution in [-0.4, -0.2) is 9.97 Å². The second-order valence-corrected chi connectivity index (χ2v) is 4.54. The third-order valence-electron chi connectivity index (χ3n) is 2.52. The Bertz CT molecular complexity index is 510. The van der Waals surface area contributed by atoms with Crippen LogP contribution in [0.5, 0.6) is 0 Å². The zero-order valence-corrected chi connectivity index (χ0v) is 10.8. The Morgan fingerprint density at radius 3 is 2.82 bits per heavy atom. The van der Waals surface area contributed by atoms with Crippen molar-refractivity contribution in [2.75, 3.05) is 0 Å². The van der Waals surface area contributed by atoms with Gasteiger partial charge in [0.1, 0.15) is 16.2 Å². The van der Waals surface area contributed by atoms with Crippen molar-refractivity contribution in [3.63, 3.8) is 0 Å². The number of hydrogen-bond donors (Lipinski definition) is 2. The first-order valence-corrected chi connectivity index (χ1v) is 6.16. The molecule has 0 bridgehead atoms. The average molecular weight is 298 g/mol. The molecule has 0 fully saturated rings. The molecule has 90 valence electrons. The van der Waals surface area contributed by atoms with Crippen LogP contribution in [0.1, 0.15) is 17.1 Å². The first-order valence-electron chi connectivity index (χ1n) is 5.37. The first-order chi connectivity index (χ1) is 8.19. The molecule has 0 unspecified atom stereocenters. The number of aromatic nitrogens is 2. The first kappa shape index (κ1) is 12.3. The topological polar surface area (TPSA) is 54.7 Å². The Balaban J connectivity index is 2.04. The summed E-state index contributed by atoms with van der Waals surface area (Å²) < 4.78 is 13.8. The van der Waals surface area contributed by atoms with Crippen LogP contribution in [0.2, 0.25) is 0 Å². The van der Waals surface area contributed by atoms with Gasteiger partial charge in [-0.25, -0.2) is 9.37 Å². The summed E-state index contributed by atoms with van der Waals surface area (Å²) in [5, 5.41) is 0. The number of nitrogens with one attached hydrogen (secondary N) is 1. The highest BCUT2D eigenvalue weighted by atomic mass is 79.9. The summed E-state index contributed by atoms with van der Waals surface area (Å²) in [5.41, 5.74) is 7.46. The third-order valence-corrected chi connectivity index (χ3v) is 3.18. The SMILES string of the molecule is NCc1nc(Br)c(CCc2cccc(F)c2)[nH]1. The summed E-state index contributed by atoms with van der Waals surface area (Å²) in [6, 6.07) is 6.63. The molecule has 17 heavy (non-hydrogen) atoms. The van der Waals surface area contributed by atoms with Crippen LogP contribution in [-0.2, 0) is 19.4 Å². The van der Waals surface area contributed by atoms with Gasteiger partial charge in [-0.2, -0.15) is 0 Å². The van der Waals surface area contributed by atoms with Crippen molar-refractivity contribution in [1.82, 2.24) is 9.97 Å². The molecule has 0 amide bonds. The number of aryl methyl sites for hydroxylation is 2.